The van der Waals surface area contributed by atoms with Gasteiger partial charge in [-0.25, -0.2) is 4.39 Å². The zero-order chi connectivity index (χ0) is 16.2. The Hall–Kier alpha value is -2.72. The normalized spacial score (nSPS) is 12.1. The topological polar surface area (TPSA) is 49.3 Å². The maximum absolute atomic E-state index is 13.2. The molecular weight excluding hydrogens is 293 g/mol. The van der Waals surface area contributed by atoms with E-state index < -0.39 is 17.8 Å². The molecule has 3 aromatic rings. The van der Waals surface area contributed by atoms with E-state index in [4.69, 9.17) is 0 Å². The van der Waals surface area contributed by atoms with Gasteiger partial charge in [-0.1, -0.05) is 42.5 Å². The molecule has 1 atom stereocenters. The zero-order valence-corrected chi connectivity index (χ0v) is 12.4. The van der Waals surface area contributed by atoms with Crippen LogP contribution in [0.1, 0.15) is 22.0 Å². The second-order valence-corrected chi connectivity index (χ2v) is 5.33. The molecule has 0 unspecified atom stereocenters. The first-order valence-corrected chi connectivity index (χ1v) is 7.33. The highest BCUT2D eigenvalue weighted by Gasteiger charge is 2.15. The van der Waals surface area contributed by atoms with Crippen LogP contribution < -0.4 is 5.32 Å². The van der Waals surface area contributed by atoms with Crippen LogP contribution in [0.5, 0.6) is 0 Å². The number of amides is 1. The molecule has 0 radical (unpaired) electrons. The van der Waals surface area contributed by atoms with E-state index in [0.717, 1.165) is 16.3 Å². The summed E-state index contributed by atoms with van der Waals surface area (Å²) in [7, 11) is 0. The molecular formula is C19H16FNO2. The number of aliphatic hydroxyl groups is 1. The fourth-order valence-electron chi connectivity index (χ4n) is 2.53. The molecule has 0 aliphatic heterocycles. The van der Waals surface area contributed by atoms with Gasteiger partial charge in [0.2, 0.25) is 0 Å². The minimum atomic E-state index is -0.546. The van der Waals surface area contributed by atoms with Crippen LogP contribution in [0.2, 0.25) is 0 Å². The Kier molecular flexibility index (Phi) is 4.35. The predicted molar refractivity (Wildman–Crippen MR) is 87.6 cm³/mol. The molecule has 3 rings (SSSR count). The Labute approximate surface area is 133 Å². The maximum atomic E-state index is 13.2. The fourth-order valence-corrected chi connectivity index (χ4v) is 2.53. The SMILES string of the molecule is O=C(N[C@@H](CO)c1ccc2ccccc2c1)c1cccc(F)c1. The number of carbonyl (C=O) groups is 1. The molecule has 4 heteroatoms. The Balaban J connectivity index is 1.85. The number of fused-ring (bicyclic) bond motifs is 1. The van der Waals surface area contributed by atoms with Gasteiger partial charge in [0.15, 0.2) is 0 Å². The van der Waals surface area contributed by atoms with Crippen molar-refractivity contribution in [3.63, 3.8) is 0 Å². The van der Waals surface area contributed by atoms with E-state index >= 15 is 0 Å². The third-order valence-corrected chi connectivity index (χ3v) is 3.75. The van der Waals surface area contributed by atoms with Gasteiger partial charge < -0.3 is 10.4 Å². The maximum Gasteiger partial charge on any atom is 0.251 e. The van der Waals surface area contributed by atoms with Gasteiger partial charge in [-0.2, -0.15) is 0 Å². The van der Waals surface area contributed by atoms with Gasteiger partial charge in [0.05, 0.1) is 12.6 Å². The Bertz CT molecular complexity index is 847. The second-order valence-electron chi connectivity index (χ2n) is 5.33. The van der Waals surface area contributed by atoms with Crippen molar-refractivity contribution in [2.24, 2.45) is 0 Å². The number of hydrogen-bond acceptors (Lipinski definition) is 2. The number of halogens is 1. The molecule has 0 aromatic heterocycles. The summed E-state index contributed by atoms with van der Waals surface area (Å²) in [6.07, 6.45) is 0. The first-order valence-electron chi connectivity index (χ1n) is 7.33. The van der Waals surface area contributed by atoms with Crippen molar-refractivity contribution in [3.8, 4) is 0 Å². The predicted octanol–water partition coefficient (Wildman–Crippen LogP) is 3.44. The van der Waals surface area contributed by atoms with E-state index in [1.165, 1.54) is 24.3 Å². The first-order chi connectivity index (χ1) is 11.2. The summed E-state index contributed by atoms with van der Waals surface area (Å²) in [6, 6.07) is 18.5. The average molecular weight is 309 g/mol. The molecule has 0 heterocycles. The molecule has 0 spiro atoms. The van der Waals surface area contributed by atoms with Crippen molar-refractivity contribution in [3.05, 3.63) is 83.7 Å². The summed E-state index contributed by atoms with van der Waals surface area (Å²) >= 11 is 0. The minimum absolute atomic E-state index is 0.226. The van der Waals surface area contributed by atoms with Crippen LogP contribution in [0.3, 0.4) is 0 Å². The highest BCUT2D eigenvalue weighted by Crippen LogP contribution is 2.20. The van der Waals surface area contributed by atoms with Crippen molar-refractivity contribution in [1.29, 1.82) is 0 Å². The first kappa shape index (κ1) is 15.2. The lowest BCUT2D eigenvalue weighted by Gasteiger charge is -2.17. The van der Waals surface area contributed by atoms with Crippen molar-refractivity contribution in [2.45, 2.75) is 6.04 Å². The van der Waals surface area contributed by atoms with Crippen molar-refractivity contribution < 1.29 is 14.3 Å². The van der Waals surface area contributed by atoms with Gasteiger partial charge in [0.25, 0.3) is 5.91 Å². The number of rotatable bonds is 4. The standard InChI is InChI=1S/C19H16FNO2/c20-17-7-3-6-16(11-17)19(23)21-18(12-22)15-9-8-13-4-1-2-5-14(13)10-15/h1-11,18,22H,12H2,(H,21,23)/t18-/m0/s1. The van der Waals surface area contributed by atoms with Gasteiger partial charge in [-0.15, -0.1) is 0 Å². The van der Waals surface area contributed by atoms with Crippen LogP contribution in [0.15, 0.2) is 66.7 Å². The highest BCUT2D eigenvalue weighted by atomic mass is 19.1. The molecule has 3 aromatic carbocycles. The van der Waals surface area contributed by atoms with E-state index in [1.807, 2.05) is 42.5 Å². The van der Waals surface area contributed by atoms with Gasteiger partial charge in [-0.3, -0.25) is 4.79 Å². The number of aliphatic hydroxyl groups excluding tert-OH is 1. The molecule has 116 valence electrons. The fraction of sp³-hybridized carbons (Fsp3) is 0.105. The summed E-state index contributed by atoms with van der Waals surface area (Å²) in [4.78, 5) is 12.2. The molecule has 0 saturated carbocycles. The molecule has 0 aliphatic carbocycles. The van der Waals surface area contributed by atoms with Gasteiger partial charge in [0.1, 0.15) is 5.82 Å². The van der Waals surface area contributed by atoms with E-state index in [-0.39, 0.29) is 12.2 Å². The molecule has 0 saturated heterocycles. The monoisotopic (exact) mass is 309 g/mol. The third-order valence-electron chi connectivity index (χ3n) is 3.75. The Morgan fingerprint density at radius 3 is 2.52 bits per heavy atom. The van der Waals surface area contributed by atoms with Crippen LogP contribution >= 0.6 is 0 Å². The summed E-state index contributed by atoms with van der Waals surface area (Å²) in [6.45, 7) is -0.237. The molecule has 23 heavy (non-hydrogen) atoms. The summed E-state index contributed by atoms with van der Waals surface area (Å²) in [5.41, 5.74) is 1.03. The van der Waals surface area contributed by atoms with Crippen LogP contribution in [0, 0.1) is 5.82 Å². The van der Waals surface area contributed by atoms with E-state index in [9.17, 15) is 14.3 Å². The van der Waals surface area contributed by atoms with Crippen LogP contribution in [0.4, 0.5) is 4.39 Å². The lowest BCUT2D eigenvalue weighted by Crippen LogP contribution is -2.30. The lowest BCUT2D eigenvalue weighted by atomic mass is 10.0. The van der Waals surface area contributed by atoms with E-state index in [2.05, 4.69) is 5.32 Å². The smallest absolute Gasteiger partial charge is 0.251 e. The van der Waals surface area contributed by atoms with Crippen LogP contribution in [-0.2, 0) is 0 Å². The summed E-state index contributed by atoms with van der Waals surface area (Å²) < 4.78 is 13.2. The molecule has 0 bridgehead atoms. The Morgan fingerprint density at radius 1 is 1.00 bits per heavy atom. The molecule has 3 nitrogen and oxygen atoms in total. The largest absolute Gasteiger partial charge is 0.394 e. The summed E-state index contributed by atoms with van der Waals surface area (Å²) in [5.74, 6) is -0.888. The van der Waals surface area contributed by atoms with Gasteiger partial charge in [0, 0.05) is 5.56 Å². The number of nitrogens with one attached hydrogen (secondary N) is 1. The quantitative estimate of drug-likeness (QED) is 0.775. The molecule has 2 N–H and O–H groups in total. The van der Waals surface area contributed by atoms with Crippen LogP contribution in [-0.4, -0.2) is 17.6 Å². The second kappa shape index (κ2) is 6.58. The van der Waals surface area contributed by atoms with Crippen molar-refractivity contribution in [1.82, 2.24) is 5.32 Å². The molecule has 0 fully saturated rings. The minimum Gasteiger partial charge on any atom is -0.394 e. The zero-order valence-electron chi connectivity index (χ0n) is 12.4. The number of hydrogen-bond donors (Lipinski definition) is 2. The summed E-state index contributed by atoms with van der Waals surface area (Å²) in [5, 5.41) is 14.5. The van der Waals surface area contributed by atoms with Crippen LogP contribution in [0.25, 0.3) is 10.8 Å². The van der Waals surface area contributed by atoms with Gasteiger partial charge in [-0.05, 0) is 40.6 Å². The Morgan fingerprint density at radius 2 is 1.78 bits per heavy atom. The highest BCUT2D eigenvalue weighted by molar-refractivity contribution is 5.94. The average Bonchev–Trinajstić information content (AvgIpc) is 2.59. The van der Waals surface area contributed by atoms with Crippen molar-refractivity contribution in [2.75, 3.05) is 6.61 Å². The number of carbonyl (C=O) groups excluding carboxylic acids is 1. The molecule has 0 aliphatic rings. The molecule has 1 amide bonds. The number of benzene rings is 3. The van der Waals surface area contributed by atoms with Gasteiger partial charge >= 0.3 is 0 Å². The van der Waals surface area contributed by atoms with E-state index in [1.54, 1.807) is 0 Å². The van der Waals surface area contributed by atoms with E-state index in [0.29, 0.717) is 0 Å². The van der Waals surface area contributed by atoms with Crippen molar-refractivity contribution >= 4 is 16.7 Å². The lowest BCUT2D eigenvalue weighted by molar-refractivity contribution is 0.0916. The third kappa shape index (κ3) is 3.38.